The first-order chi connectivity index (χ1) is 8.84. The molecule has 6 heteroatoms. The van der Waals surface area contributed by atoms with E-state index in [-0.39, 0.29) is 5.60 Å². The predicted molar refractivity (Wildman–Crippen MR) is 69.5 cm³/mol. The molecule has 18 heavy (non-hydrogen) atoms. The Balaban J connectivity index is 1.46. The van der Waals surface area contributed by atoms with Crippen LogP contribution in [0.25, 0.3) is 0 Å². The van der Waals surface area contributed by atoms with Gasteiger partial charge >= 0.3 is 0 Å². The van der Waals surface area contributed by atoms with Gasteiger partial charge in [0.1, 0.15) is 5.60 Å². The second-order valence-electron chi connectivity index (χ2n) is 5.66. The van der Waals surface area contributed by atoms with Crippen molar-refractivity contribution in [1.29, 1.82) is 0 Å². The number of fused-ring (bicyclic) bond motifs is 2. The Morgan fingerprint density at radius 3 is 3.00 bits per heavy atom. The third kappa shape index (κ3) is 1.75. The van der Waals surface area contributed by atoms with Gasteiger partial charge in [0.15, 0.2) is 5.13 Å². The Hall–Kier alpha value is -0.690. The van der Waals surface area contributed by atoms with E-state index in [9.17, 15) is 0 Å². The molecule has 0 amide bonds. The molecule has 1 spiro atoms. The van der Waals surface area contributed by atoms with Gasteiger partial charge in [0.25, 0.3) is 0 Å². The number of rotatable bonds is 2. The molecule has 4 aliphatic rings. The summed E-state index contributed by atoms with van der Waals surface area (Å²) in [6.45, 7) is 0.923. The van der Waals surface area contributed by atoms with Crippen LogP contribution in [0.15, 0.2) is 11.6 Å². The van der Waals surface area contributed by atoms with Crippen molar-refractivity contribution in [3.05, 3.63) is 11.6 Å². The summed E-state index contributed by atoms with van der Waals surface area (Å²) in [6.07, 6.45) is 8.46. The van der Waals surface area contributed by atoms with Crippen LogP contribution in [0.5, 0.6) is 0 Å². The highest BCUT2D eigenvalue weighted by Crippen LogP contribution is 2.50. The quantitative estimate of drug-likeness (QED) is 0.859. The summed E-state index contributed by atoms with van der Waals surface area (Å²) in [6, 6.07) is 0. The molecule has 1 aliphatic heterocycles. The van der Waals surface area contributed by atoms with Gasteiger partial charge in [-0.05, 0) is 49.2 Å². The van der Waals surface area contributed by atoms with Crippen LogP contribution in [0.3, 0.4) is 0 Å². The summed E-state index contributed by atoms with van der Waals surface area (Å²) in [5.41, 5.74) is 6.50. The SMILES string of the molecule is c1csc(NN2NCC3(CC4CCC3CC4)O2)n1. The van der Waals surface area contributed by atoms with E-state index in [0.717, 1.165) is 23.5 Å². The van der Waals surface area contributed by atoms with E-state index in [4.69, 9.17) is 4.84 Å². The lowest BCUT2D eigenvalue weighted by Crippen LogP contribution is -2.50. The van der Waals surface area contributed by atoms with Crippen molar-refractivity contribution in [2.24, 2.45) is 11.8 Å². The van der Waals surface area contributed by atoms with E-state index in [1.165, 1.54) is 32.1 Å². The third-order valence-electron chi connectivity index (χ3n) is 4.65. The van der Waals surface area contributed by atoms with Crippen molar-refractivity contribution in [2.75, 3.05) is 12.0 Å². The third-order valence-corrected chi connectivity index (χ3v) is 5.33. The zero-order chi connectivity index (χ0) is 12.0. The maximum absolute atomic E-state index is 6.17. The molecule has 1 aromatic heterocycles. The number of hydrogen-bond donors (Lipinski definition) is 2. The highest BCUT2D eigenvalue weighted by molar-refractivity contribution is 7.13. The lowest BCUT2D eigenvalue weighted by atomic mass is 9.62. The fourth-order valence-corrected chi connectivity index (χ4v) is 4.26. The molecule has 2 heterocycles. The van der Waals surface area contributed by atoms with Gasteiger partial charge in [0.05, 0.1) is 0 Å². The van der Waals surface area contributed by atoms with Crippen LogP contribution in [0.2, 0.25) is 0 Å². The molecule has 2 N–H and O–H groups in total. The Bertz CT molecular complexity index is 418. The van der Waals surface area contributed by atoms with E-state index in [2.05, 4.69) is 15.8 Å². The van der Waals surface area contributed by atoms with Gasteiger partial charge in [-0.2, -0.15) is 0 Å². The molecule has 1 aromatic rings. The van der Waals surface area contributed by atoms with Gasteiger partial charge in [0, 0.05) is 18.1 Å². The van der Waals surface area contributed by atoms with Crippen molar-refractivity contribution in [3.63, 3.8) is 0 Å². The van der Waals surface area contributed by atoms with Gasteiger partial charge < -0.3 is 0 Å². The van der Waals surface area contributed by atoms with Gasteiger partial charge in [-0.15, -0.1) is 11.3 Å². The highest BCUT2D eigenvalue weighted by atomic mass is 32.1. The predicted octanol–water partition coefficient (Wildman–Crippen LogP) is 2.17. The van der Waals surface area contributed by atoms with Crippen LogP contribution < -0.4 is 10.9 Å². The molecule has 2 bridgehead atoms. The van der Waals surface area contributed by atoms with Crippen LogP contribution in [-0.2, 0) is 4.84 Å². The molecule has 5 nitrogen and oxygen atoms in total. The molecule has 3 saturated carbocycles. The summed E-state index contributed by atoms with van der Waals surface area (Å²) < 4.78 is 0. The minimum absolute atomic E-state index is 0.0332. The molecule has 1 unspecified atom stereocenters. The van der Waals surface area contributed by atoms with Crippen molar-refractivity contribution < 1.29 is 4.84 Å². The lowest BCUT2D eigenvalue weighted by Gasteiger charge is -2.47. The molecule has 3 aliphatic carbocycles. The summed E-state index contributed by atoms with van der Waals surface area (Å²) in [7, 11) is 0. The Morgan fingerprint density at radius 2 is 2.33 bits per heavy atom. The van der Waals surface area contributed by atoms with Crippen molar-refractivity contribution >= 4 is 16.5 Å². The van der Waals surface area contributed by atoms with Crippen LogP contribution in [0, 0.1) is 11.8 Å². The molecule has 1 saturated heterocycles. The maximum Gasteiger partial charge on any atom is 0.200 e. The van der Waals surface area contributed by atoms with E-state index in [0.29, 0.717) is 0 Å². The summed E-state index contributed by atoms with van der Waals surface area (Å²) >= 11 is 1.58. The van der Waals surface area contributed by atoms with Gasteiger partial charge in [0.2, 0.25) is 0 Å². The number of thiazole rings is 1. The average molecular weight is 266 g/mol. The van der Waals surface area contributed by atoms with Crippen LogP contribution in [0.4, 0.5) is 5.13 Å². The fraction of sp³-hybridized carbons (Fsp3) is 0.750. The number of nitrogens with zero attached hydrogens (tertiary/aromatic N) is 2. The molecule has 98 valence electrons. The summed E-state index contributed by atoms with van der Waals surface area (Å²) in [5.74, 6) is 1.59. The van der Waals surface area contributed by atoms with Crippen LogP contribution >= 0.6 is 11.3 Å². The topological polar surface area (TPSA) is 49.4 Å². The zero-order valence-corrected chi connectivity index (χ0v) is 11.1. The second kappa shape index (κ2) is 4.16. The second-order valence-corrected chi connectivity index (χ2v) is 6.55. The summed E-state index contributed by atoms with van der Waals surface area (Å²) in [5, 5.41) is 4.48. The zero-order valence-electron chi connectivity index (χ0n) is 10.3. The maximum atomic E-state index is 6.17. The molecule has 1 atom stereocenters. The minimum Gasteiger partial charge on any atom is -0.257 e. The Kier molecular flexibility index (Phi) is 2.58. The van der Waals surface area contributed by atoms with Gasteiger partial charge in [-0.25, -0.2) is 10.4 Å². The van der Waals surface area contributed by atoms with Crippen molar-refractivity contribution in [3.8, 4) is 0 Å². The molecular formula is C12H18N4OS. The smallest absolute Gasteiger partial charge is 0.200 e. The van der Waals surface area contributed by atoms with Crippen molar-refractivity contribution in [1.82, 2.24) is 15.7 Å². The Morgan fingerprint density at radius 1 is 1.44 bits per heavy atom. The molecule has 4 fully saturated rings. The Labute approximate surface area is 110 Å². The van der Waals surface area contributed by atoms with E-state index < -0.39 is 0 Å². The van der Waals surface area contributed by atoms with Gasteiger partial charge in [-0.3, -0.25) is 10.3 Å². The molecule has 5 rings (SSSR count). The molecular weight excluding hydrogens is 248 g/mol. The number of anilines is 1. The van der Waals surface area contributed by atoms with Crippen LogP contribution in [-0.4, -0.2) is 22.4 Å². The number of hydrazine groups is 2. The first kappa shape index (κ1) is 11.2. The highest BCUT2D eigenvalue weighted by Gasteiger charge is 2.52. The largest absolute Gasteiger partial charge is 0.257 e. The number of aromatic nitrogens is 1. The monoisotopic (exact) mass is 266 g/mol. The summed E-state index contributed by atoms with van der Waals surface area (Å²) in [4.78, 5) is 10.4. The fourth-order valence-electron chi connectivity index (χ4n) is 3.76. The van der Waals surface area contributed by atoms with E-state index in [1.807, 2.05) is 5.38 Å². The minimum atomic E-state index is 0.0332. The standard InChI is InChI=1S/C12H18N4OS/c1-3-10-4-2-9(1)7-12(10)8-14-16(17-12)15-11-13-5-6-18-11/h5-6,9-10,14H,1-4,7-8H2,(H,13,15). The molecule has 0 radical (unpaired) electrons. The number of hydrogen-bond acceptors (Lipinski definition) is 6. The molecule has 0 aromatic carbocycles. The lowest BCUT2D eigenvalue weighted by molar-refractivity contribution is -0.235. The average Bonchev–Trinajstić information content (AvgIpc) is 3.02. The first-order valence-corrected chi connectivity index (χ1v) is 7.61. The normalized spacial score (nSPS) is 39.6. The van der Waals surface area contributed by atoms with E-state index >= 15 is 0 Å². The first-order valence-electron chi connectivity index (χ1n) is 6.73. The van der Waals surface area contributed by atoms with Crippen molar-refractivity contribution in [2.45, 2.75) is 37.7 Å². The van der Waals surface area contributed by atoms with Crippen LogP contribution in [0.1, 0.15) is 32.1 Å². The van der Waals surface area contributed by atoms with E-state index in [1.54, 1.807) is 22.8 Å². The van der Waals surface area contributed by atoms with Gasteiger partial charge in [-0.1, -0.05) is 0 Å². The number of nitrogens with one attached hydrogen (secondary N) is 2.